The van der Waals surface area contributed by atoms with Gasteiger partial charge in [-0.2, -0.15) is 4.31 Å². The molecular weight excluding hydrogens is 280 g/mol. The van der Waals surface area contributed by atoms with E-state index in [0.29, 0.717) is 24.5 Å². The van der Waals surface area contributed by atoms with Crippen molar-refractivity contribution in [2.45, 2.75) is 30.7 Å². The van der Waals surface area contributed by atoms with E-state index in [9.17, 15) is 8.42 Å². The Hall–Kier alpha value is -1.80. The van der Waals surface area contributed by atoms with Crippen LogP contribution in [0.25, 0.3) is 0 Å². The van der Waals surface area contributed by atoms with E-state index in [2.05, 4.69) is 15.1 Å². The molecule has 1 fully saturated rings. The predicted octanol–water partition coefficient (Wildman–Crippen LogP) is 1.30. The third kappa shape index (κ3) is 2.10. The zero-order chi connectivity index (χ0) is 14.2. The van der Waals surface area contributed by atoms with Gasteiger partial charge >= 0.3 is 0 Å². The van der Waals surface area contributed by atoms with Crippen LogP contribution >= 0.6 is 0 Å². The van der Waals surface area contributed by atoms with Gasteiger partial charge in [0, 0.05) is 18.9 Å². The van der Waals surface area contributed by atoms with Crippen LogP contribution in [0.15, 0.2) is 34.1 Å². The van der Waals surface area contributed by atoms with Gasteiger partial charge in [0.2, 0.25) is 10.0 Å². The third-order valence-corrected chi connectivity index (χ3v) is 5.38. The summed E-state index contributed by atoms with van der Waals surface area (Å²) in [7, 11) is -3.63. The summed E-state index contributed by atoms with van der Waals surface area (Å²) in [4.78, 5) is 8.46. The average molecular weight is 294 g/mol. The van der Waals surface area contributed by atoms with Crippen LogP contribution in [0.5, 0.6) is 0 Å². The van der Waals surface area contributed by atoms with E-state index in [1.165, 1.54) is 10.6 Å². The fourth-order valence-electron chi connectivity index (χ4n) is 2.43. The number of hydrogen-bond acceptors (Lipinski definition) is 6. The van der Waals surface area contributed by atoms with Crippen LogP contribution in [0, 0.1) is 6.92 Å². The van der Waals surface area contributed by atoms with Gasteiger partial charge < -0.3 is 4.52 Å². The first-order valence-corrected chi connectivity index (χ1v) is 7.74. The fourth-order valence-corrected chi connectivity index (χ4v) is 4.16. The van der Waals surface area contributed by atoms with Crippen LogP contribution in [-0.4, -0.2) is 34.4 Å². The topological polar surface area (TPSA) is 89.2 Å². The third-order valence-electron chi connectivity index (χ3n) is 3.38. The van der Waals surface area contributed by atoms with Gasteiger partial charge in [-0.1, -0.05) is 5.16 Å². The molecule has 1 aliphatic heterocycles. The molecule has 1 aliphatic rings. The first-order chi connectivity index (χ1) is 9.60. The molecule has 0 amide bonds. The van der Waals surface area contributed by atoms with Gasteiger partial charge in [-0.05, 0) is 25.8 Å². The van der Waals surface area contributed by atoms with Gasteiger partial charge in [-0.25, -0.2) is 18.4 Å². The van der Waals surface area contributed by atoms with E-state index in [0.717, 1.165) is 6.42 Å². The highest BCUT2D eigenvalue weighted by molar-refractivity contribution is 7.89. The Bertz CT molecular complexity index is 699. The lowest BCUT2D eigenvalue weighted by molar-refractivity contribution is 0.381. The van der Waals surface area contributed by atoms with Gasteiger partial charge in [-0.15, -0.1) is 0 Å². The van der Waals surface area contributed by atoms with Crippen LogP contribution in [0.1, 0.15) is 30.4 Å². The second-order valence-corrected chi connectivity index (χ2v) is 6.50. The molecule has 1 saturated heterocycles. The summed E-state index contributed by atoms with van der Waals surface area (Å²) >= 11 is 0. The molecule has 0 bridgehead atoms. The van der Waals surface area contributed by atoms with E-state index < -0.39 is 10.0 Å². The molecule has 0 saturated carbocycles. The number of nitrogens with zero attached hydrogens (tertiary/aromatic N) is 4. The summed E-state index contributed by atoms with van der Waals surface area (Å²) in [6.07, 6.45) is 5.91. The molecule has 3 rings (SSSR count). The molecule has 0 aliphatic carbocycles. The minimum atomic E-state index is -3.63. The summed E-state index contributed by atoms with van der Waals surface area (Å²) in [6.45, 7) is 2.07. The second-order valence-electron chi connectivity index (χ2n) is 4.64. The number of rotatable bonds is 3. The van der Waals surface area contributed by atoms with Gasteiger partial charge in [0.05, 0.1) is 6.04 Å². The van der Waals surface area contributed by atoms with Crippen LogP contribution in [-0.2, 0) is 10.0 Å². The molecule has 3 heterocycles. The van der Waals surface area contributed by atoms with E-state index in [-0.39, 0.29) is 10.9 Å². The maximum atomic E-state index is 12.7. The largest absolute Gasteiger partial charge is 0.363 e. The Balaban J connectivity index is 1.99. The summed E-state index contributed by atoms with van der Waals surface area (Å²) in [5.41, 5.74) is 0.365. The van der Waals surface area contributed by atoms with Crippen molar-refractivity contribution >= 4 is 10.0 Å². The fraction of sp³-hybridized carbons (Fsp3) is 0.417. The first kappa shape index (κ1) is 13.2. The van der Waals surface area contributed by atoms with Crippen LogP contribution in [0.3, 0.4) is 0 Å². The smallest absolute Gasteiger partial charge is 0.248 e. The average Bonchev–Trinajstić information content (AvgIpc) is 3.08. The highest BCUT2D eigenvalue weighted by atomic mass is 32.2. The molecule has 2 aromatic rings. The van der Waals surface area contributed by atoms with E-state index >= 15 is 0 Å². The maximum Gasteiger partial charge on any atom is 0.248 e. The van der Waals surface area contributed by atoms with Crippen LogP contribution < -0.4 is 0 Å². The zero-order valence-electron chi connectivity index (χ0n) is 10.9. The summed E-state index contributed by atoms with van der Waals surface area (Å²) in [5.74, 6) is 0.530. The Morgan fingerprint density at radius 2 is 2.10 bits per heavy atom. The molecule has 0 N–H and O–H groups in total. The quantitative estimate of drug-likeness (QED) is 0.847. The minimum absolute atomic E-state index is 0.111. The normalized spacial score (nSPS) is 20.4. The molecule has 1 atom stereocenters. The lowest BCUT2D eigenvalue weighted by Crippen LogP contribution is -2.31. The molecule has 0 radical (unpaired) electrons. The van der Waals surface area contributed by atoms with Crippen LogP contribution in [0.2, 0.25) is 0 Å². The van der Waals surface area contributed by atoms with Crippen molar-refractivity contribution in [2.75, 3.05) is 6.54 Å². The standard InChI is InChI=1S/C12H14N4O3S/c1-9-11(8-19-15-9)20(17,18)16-7-2-4-10(16)12-13-5-3-6-14-12/h3,5-6,8,10H,2,4,7H2,1H3. The number of aromatic nitrogens is 3. The van der Waals surface area contributed by atoms with E-state index in [1.54, 1.807) is 25.4 Å². The first-order valence-electron chi connectivity index (χ1n) is 6.30. The number of sulfonamides is 1. The van der Waals surface area contributed by atoms with Crippen molar-refractivity contribution in [1.82, 2.24) is 19.4 Å². The molecule has 0 spiro atoms. The van der Waals surface area contributed by atoms with Crippen molar-refractivity contribution < 1.29 is 12.9 Å². The van der Waals surface area contributed by atoms with Gasteiger partial charge in [-0.3, -0.25) is 0 Å². The molecule has 0 aromatic carbocycles. The van der Waals surface area contributed by atoms with Crippen molar-refractivity contribution in [3.05, 3.63) is 36.2 Å². The molecular formula is C12H14N4O3S. The van der Waals surface area contributed by atoms with E-state index in [4.69, 9.17) is 4.52 Å². The van der Waals surface area contributed by atoms with Gasteiger partial charge in [0.1, 0.15) is 22.7 Å². The summed E-state index contributed by atoms with van der Waals surface area (Å²) in [6, 6.07) is 1.39. The Morgan fingerprint density at radius 3 is 2.75 bits per heavy atom. The Kier molecular flexibility index (Phi) is 3.27. The van der Waals surface area contributed by atoms with Crippen molar-refractivity contribution in [3.63, 3.8) is 0 Å². The molecule has 106 valence electrons. The summed E-state index contributed by atoms with van der Waals surface area (Å²) in [5, 5.41) is 3.64. The van der Waals surface area contributed by atoms with Crippen molar-refractivity contribution in [2.24, 2.45) is 0 Å². The summed E-state index contributed by atoms with van der Waals surface area (Å²) < 4.78 is 31.5. The molecule has 2 aromatic heterocycles. The van der Waals surface area contributed by atoms with E-state index in [1.807, 2.05) is 0 Å². The zero-order valence-corrected chi connectivity index (χ0v) is 11.7. The second kappa shape index (κ2) is 4.95. The maximum absolute atomic E-state index is 12.7. The highest BCUT2D eigenvalue weighted by Gasteiger charge is 2.39. The molecule has 8 heteroatoms. The molecule has 1 unspecified atom stereocenters. The molecule has 7 nitrogen and oxygen atoms in total. The molecule has 20 heavy (non-hydrogen) atoms. The minimum Gasteiger partial charge on any atom is -0.363 e. The Labute approximate surface area is 116 Å². The van der Waals surface area contributed by atoms with Gasteiger partial charge in [0.25, 0.3) is 0 Å². The predicted molar refractivity (Wildman–Crippen MR) is 69.1 cm³/mol. The monoisotopic (exact) mass is 294 g/mol. The SMILES string of the molecule is Cc1nocc1S(=O)(=O)N1CCCC1c1ncccn1. The van der Waals surface area contributed by atoms with Crippen molar-refractivity contribution in [3.8, 4) is 0 Å². The number of aryl methyl sites for hydroxylation is 1. The van der Waals surface area contributed by atoms with Crippen molar-refractivity contribution in [1.29, 1.82) is 0 Å². The Morgan fingerprint density at radius 1 is 1.35 bits per heavy atom. The lowest BCUT2D eigenvalue weighted by Gasteiger charge is -2.22. The number of hydrogen-bond donors (Lipinski definition) is 0. The lowest BCUT2D eigenvalue weighted by atomic mass is 10.2. The highest BCUT2D eigenvalue weighted by Crippen LogP contribution is 2.35. The van der Waals surface area contributed by atoms with Crippen LogP contribution in [0.4, 0.5) is 0 Å². The van der Waals surface area contributed by atoms with Gasteiger partial charge in [0.15, 0.2) is 0 Å².